The first-order valence-corrected chi connectivity index (χ1v) is 10.7. The van der Waals surface area contributed by atoms with Crippen molar-refractivity contribution in [1.82, 2.24) is 5.32 Å². The number of hydrogen-bond acceptors (Lipinski definition) is 3. The van der Waals surface area contributed by atoms with Crippen LogP contribution in [0.15, 0.2) is 82.6 Å². The number of hydrogen-bond donors (Lipinski definition) is 2. The monoisotopic (exact) mass is 434 g/mol. The van der Waals surface area contributed by atoms with Crippen molar-refractivity contribution in [3.8, 4) is 0 Å². The van der Waals surface area contributed by atoms with Gasteiger partial charge < -0.3 is 10.6 Å². The molecule has 0 fully saturated rings. The molecule has 6 heteroatoms. The van der Waals surface area contributed by atoms with E-state index >= 15 is 0 Å². The van der Waals surface area contributed by atoms with Crippen molar-refractivity contribution in [2.24, 2.45) is 0 Å². The van der Waals surface area contributed by atoms with Gasteiger partial charge in [0.2, 0.25) is 0 Å². The van der Waals surface area contributed by atoms with E-state index in [4.69, 9.17) is 11.6 Å². The molecule has 0 saturated heterocycles. The van der Waals surface area contributed by atoms with Gasteiger partial charge >= 0.3 is 0 Å². The topological polar surface area (TPSA) is 58.2 Å². The number of amides is 2. The lowest BCUT2D eigenvalue weighted by atomic mass is 10.1. The molecule has 30 heavy (non-hydrogen) atoms. The minimum atomic E-state index is -0.214. The highest BCUT2D eigenvalue weighted by atomic mass is 35.5. The molecule has 3 aromatic carbocycles. The van der Waals surface area contributed by atoms with Crippen molar-refractivity contribution in [3.05, 3.63) is 99.4 Å². The third-order valence-electron chi connectivity index (χ3n) is 4.67. The lowest BCUT2D eigenvalue weighted by molar-refractivity contribution is -0.112. The molecular weight excluding hydrogens is 416 g/mol. The SMILES string of the molecule is O=C1Nc2cc(C(=O)NCCc3ccccc3)ccc2S/C1=C/c1ccccc1Cl. The third kappa shape index (κ3) is 4.75. The Kier molecular flexibility index (Phi) is 6.21. The molecule has 4 rings (SSSR count). The lowest BCUT2D eigenvalue weighted by Crippen LogP contribution is -2.26. The van der Waals surface area contributed by atoms with Crippen LogP contribution < -0.4 is 10.6 Å². The lowest BCUT2D eigenvalue weighted by Gasteiger charge is -2.19. The Morgan fingerprint density at radius 3 is 2.60 bits per heavy atom. The van der Waals surface area contributed by atoms with Gasteiger partial charge in [-0.3, -0.25) is 9.59 Å². The third-order valence-corrected chi connectivity index (χ3v) is 6.11. The van der Waals surface area contributed by atoms with E-state index in [1.165, 1.54) is 17.3 Å². The Balaban J connectivity index is 1.44. The van der Waals surface area contributed by atoms with E-state index in [0.717, 1.165) is 16.9 Å². The molecule has 0 atom stereocenters. The van der Waals surface area contributed by atoms with Gasteiger partial charge in [-0.25, -0.2) is 0 Å². The molecule has 3 aromatic rings. The highest BCUT2D eigenvalue weighted by Gasteiger charge is 2.22. The van der Waals surface area contributed by atoms with E-state index in [2.05, 4.69) is 10.6 Å². The molecule has 0 unspecified atom stereocenters. The second-order valence-electron chi connectivity index (χ2n) is 6.79. The second kappa shape index (κ2) is 9.20. The predicted molar refractivity (Wildman–Crippen MR) is 123 cm³/mol. The first-order valence-electron chi connectivity index (χ1n) is 9.52. The van der Waals surface area contributed by atoms with Crippen LogP contribution in [0.5, 0.6) is 0 Å². The summed E-state index contributed by atoms with van der Waals surface area (Å²) in [6.07, 6.45) is 2.54. The van der Waals surface area contributed by atoms with Gasteiger partial charge in [0.15, 0.2) is 0 Å². The number of halogens is 1. The average Bonchev–Trinajstić information content (AvgIpc) is 2.76. The Labute approximate surface area is 184 Å². The number of carbonyl (C=O) groups excluding carboxylic acids is 2. The fraction of sp³-hybridized carbons (Fsp3) is 0.0833. The Bertz CT molecular complexity index is 1130. The Hall–Kier alpha value is -3.02. The number of thioether (sulfide) groups is 1. The summed E-state index contributed by atoms with van der Waals surface area (Å²) >= 11 is 7.56. The molecule has 0 radical (unpaired) electrons. The number of carbonyl (C=O) groups is 2. The molecule has 0 aliphatic carbocycles. The number of nitrogens with one attached hydrogen (secondary N) is 2. The normalized spacial score (nSPS) is 14.2. The minimum Gasteiger partial charge on any atom is -0.352 e. The van der Waals surface area contributed by atoms with E-state index in [0.29, 0.717) is 27.7 Å². The van der Waals surface area contributed by atoms with Gasteiger partial charge in [-0.1, -0.05) is 71.9 Å². The van der Waals surface area contributed by atoms with Crippen molar-refractivity contribution >= 4 is 46.9 Å². The standard InChI is InChI=1S/C24H19ClN2O2S/c25-19-9-5-4-8-17(19)15-22-24(29)27-20-14-18(10-11-21(20)30-22)23(28)26-13-12-16-6-2-1-3-7-16/h1-11,14-15H,12-13H2,(H,26,28)(H,27,29)/b22-15+. The molecule has 0 saturated carbocycles. The largest absolute Gasteiger partial charge is 0.352 e. The molecule has 1 heterocycles. The predicted octanol–water partition coefficient (Wildman–Crippen LogP) is 5.40. The molecule has 2 N–H and O–H groups in total. The van der Waals surface area contributed by atoms with Crippen LogP contribution in [0, 0.1) is 0 Å². The molecule has 4 nitrogen and oxygen atoms in total. The van der Waals surface area contributed by atoms with E-state index in [1.54, 1.807) is 24.3 Å². The van der Waals surface area contributed by atoms with Crippen LogP contribution in [0.4, 0.5) is 5.69 Å². The summed E-state index contributed by atoms with van der Waals surface area (Å²) in [6.45, 7) is 0.547. The van der Waals surface area contributed by atoms with Gasteiger partial charge in [0.1, 0.15) is 0 Å². The van der Waals surface area contributed by atoms with Crippen molar-refractivity contribution in [2.45, 2.75) is 11.3 Å². The zero-order chi connectivity index (χ0) is 20.9. The van der Waals surface area contributed by atoms with Crippen molar-refractivity contribution in [2.75, 3.05) is 11.9 Å². The number of benzene rings is 3. The van der Waals surface area contributed by atoms with E-state index in [-0.39, 0.29) is 11.8 Å². The highest BCUT2D eigenvalue weighted by Crippen LogP contribution is 2.39. The van der Waals surface area contributed by atoms with Crippen LogP contribution >= 0.6 is 23.4 Å². The summed E-state index contributed by atoms with van der Waals surface area (Å²) in [5, 5.41) is 6.39. The minimum absolute atomic E-state index is 0.162. The van der Waals surface area contributed by atoms with Gasteiger partial charge in [0, 0.05) is 22.0 Å². The summed E-state index contributed by atoms with van der Waals surface area (Å²) in [5.74, 6) is -0.376. The van der Waals surface area contributed by atoms with Crippen molar-refractivity contribution < 1.29 is 9.59 Å². The molecular formula is C24H19ClN2O2S. The fourth-order valence-corrected chi connectivity index (χ4v) is 4.21. The molecule has 0 aromatic heterocycles. The average molecular weight is 435 g/mol. The molecule has 1 aliphatic heterocycles. The zero-order valence-corrected chi connectivity index (χ0v) is 17.6. The summed E-state index contributed by atoms with van der Waals surface area (Å²) in [7, 11) is 0. The quantitative estimate of drug-likeness (QED) is 0.529. The number of rotatable bonds is 5. The van der Waals surface area contributed by atoms with Crippen LogP contribution in [0.25, 0.3) is 6.08 Å². The summed E-state index contributed by atoms with van der Waals surface area (Å²) < 4.78 is 0. The van der Waals surface area contributed by atoms with Gasteiger partial charge in [0.25, 0.3) is 11.8 Å². The Morgan fingerprint density at radius 1 is 1.03 bits per heavy atom. The molecule has 1 aliphatic rings. The molecule has 0 bridgehead atoms. The summed E-state index contributed by atoms with van der Waals surface area (Å²) in [5.41, 5.74) is 3.11. The van der Waals surface area contributed by atoms with E-state index in [9.17, 15) is 9.59 Å². The first-order chi connectivity index (χ1) is 14.6. The fourth-order valence-electron chi connectivity index (χ4n) is 3.10. The van der Waals surface area contributed by atoms with E-state index < -0.39 is 0 Å². The molecule has 150 valence electrons. The van der Waals surface area contributed by atoms with Crippen LogP contribution in [-0.4, -0.2) is 18.4 Å². The van der Waals surface area contributed by atoms with Crippen molar-refractivity contribution in [3.63, 3.8) is 0 Å². The van der Waals surface area contributed by atoms with Crippen LogP contribution in [0.2, 0.25) is 5.02 Å². The smallest absolute Gasteiger partial charge is 0.262 e. The second-order valence-corrected chi connectivity index (χ2v) is 8.28. The molecule has 2 amide bonds. The van der Waals surface area contributed by atoms with Crippen LogP contribution in [0.1, 0.15) is 21.5 Å². The number of anilines is 1. The number of fused-ring (bicyclic) bond motifs is 1. The maximum absolute atomic E-state index is 12.5. The summed E-state index contributed by atoms with van der Waals surface area (Å²) in [6, 6.07) is 22.7. The van der Waals surface area contributed by atoms with Gasteiger partial charge in [-0.2, -0.15) is 0 Å². The van der Waals surface area contributed by atoms with E-state index in [1.807, 2.05) is 54.6 Å². The van der Waals surface area contributed by atoms with Crippen LogP contribution in [0.3, 0.4) is 0 Å². The molecule has 0 spiro atoms. The summed E-state index contributed by atoms with van der Waals surface area (Å²) in [4.78, 5) is 26.5. The van der Waals surface area contributed by atoms with Gasteiger partial charge in [0.05, 0.1) is 10.6 Å². The maximum Gasteiger partial charge on any atom is 0.262 e. The van der Waals surface area contributed by atoms with Gasteiger partial charge in [-0.15, -0.1) is 0 Å². The van der Waals surface area contributed by atoms with Crippen molar-refractivity contribution in [1.29, 1.82) is 0 Å². The van der Waals surface area contributed by atoms with Crippen LogP contribution in [-0.2, 0) is 11.2 Å². The van der Waals surface area contributed by atoms with Gasteiger partial charge in [-0.05, 0) is 47.9 Å². The zero-order valence-electron chi connectivity index (χ0n) is 16.0. The maximum atomic E-state index is 12.5. The Morgan fingerprint density at radius 2 is 1.80 bits per heavy atom. The first kappa shape index (κ1) is 20.3. The highest BCUT2D eigenvalue weighted by molar-refractivity contribution is 8.04.